The zero-order valence-corrected chi connectivity index (χ0v) is 12.2. The van der Waals surface area contributed by atoms with E-state index in [1.807, 2.05) is 4.90 Å². The quantitative estimate of drug-likeness (QED) is 0.616. The van der Waals surface area contributed by atoms with Gasteiger partial charge in [-0.05, 0) is 12.2 Å². The van der Waals surface area contributed by atoms with Crippen LogP contribution in [0.5, 0.6) is 0 Å². The van der Waals surface area contributed by atoms with E-state index in [1.165, 1.54) is 0 Å². The van der Waals surface area contributed by atoms with Gasteiger partial charge in [0, 0.05) is 19.3 Å². The summed E-state index contributed by atoms with van der Waals surface area (Å²) < 4.78 is 5.21. The number of carboxylic acid groups (broad SMARTS) is 1. The maximum Gasteiger partial charge on any atom is 0.354 e. The molecular formula is C14H19N3O5. The van der Waals surface area contributed by atoms with Crippen molar-refractivity contribution < 1.29 is 24.2 Å². The van der Waals surface area contributed by atoms with E-state index in [0.29, 0.717) is 26.3 Å². The molecule has 2 N–H and O–H groups in total. The molecule has 0 aliphatic carbocycles. The highest BCUT2D eigenvalue weighted by molar-refractivity contribution is 5.97. The normalized spacial score (nSPS) is 15.7. The van der Waals surface area contributed by atoms with Crippen molar-refractivity contribution in [1.29, 1.82) is 0 Å². The minimum Gasteiger partial charge on any atom is -0.477 e. The number of rotatable bonds is 7. The van der Waals surface area contributed by atoms with Crippen molar-refractivity contribution in [3.05, 3.63) is 37.2 Å². The van der Waals surface area contributed by atoms with Crippen molar-refractivity contribution in [2.45, 2.75) is 0 Å². The maximum absolute atomic E-state index is 12.0. The third kappa shape index (κ3) is 5.15. The van der Waals surface area contributed by atoms with Crippen LogP contribution in [0.3, 0.4) is 0 Å². The first-order valence-electron chi connectivity index (χ1n) is 6.60. The summed E-state index contributed by atoms with van der Waals surface area (Å²) in [6.07, 6.45) is 2.98. The number of carboxylic acids is 1. The molecule has 1 rings (SSSR count). The average molecular weight is 309 g/mol. The zero-order chi connectivity index (χ0) is 16.5. The summed E-state index contributed by atoms with van der Waals surface area (Å²) in [5.74, 6) is -2.49. The molecule has 8 heteroatoms. The second-order valence-corrected chi connectivity index (χ2v) is 4.39. The minimum atomic E-state index is -1.34. The number of nitrogens with one attached hydrogen (secondary N) is 1. The van der Waals surface area contributed by atoms with E-state index in [2.05, 4.69) is 18.5 Å². The van der Waals surface area contributed by atoms with E-state index in [4.69, 9.17) is 4.74 Å². The van der Waals surface area contributed by atoms with E-state index in [1.54, 1.807) is 0 Å². The Morgan fingerprint density at radius 1 is 1.23 bits per heavy atom. The molecule has 0 aromatic rings. The molecule has 1 aliphatic rings. The monoisotopic (exact) mass is 309 g/mol. The van der Waals surface area contributed by atoms with Crippen molar-refractivity contribution in [1.82, 2.24) is 15.1 Å². The molecule has 1 fully saturated rings. The third-order valence-electron chi connectivity index (χ3n) is 2.93. The molecule has 1 heterocycles. The Hall–Kier alpha value is -2.45. The molecule has 0 aromatic carbocycles. The van der Waals surface area contributed by atoms with Gasteiger partial charge in [-0.1, -0.05) is 13.2 Å². The highest BCUT2D eigenvalue weighted by atomic mass is 16.5. The lowest BCUT2D eigenvalue weighted by atomic mass is 10.3. The fourth-order valence-corrected chi connectivity index (χ4v) is 1.77. The number of morpholine rings is 1. The van der Waals surface area contributed by atoms with Crippen molar-refractivity contribution in [2.24, 2.45) is 0 Å². The minimum absolute atomic E-state index is 0.0658. The Bertz CT molecular complexity index is 495. The second kappa shape index (κ2) is 8.75. The summed E-state index contributed by atoms with van der Waals surface area (Å²) in [6.45, 7) is 8.87. The van der Waals surface area contributed by atoms with Gasteiger partial charge in [0.2, 0.25) is 5.91 Å². The van der Waals surface area contributed by atoms with E-state index in [9.17, 15) is 19.5 Å². The molecular weight excluding hydrogens is 290 g/mol. The summed E-state index contributed by atoms with van der Waals surface area (Å²) in [6, 6.07) is 0. The fraction of sp³-hybridized carbons (Fsp3) is 0.357. The second-order valence-electron chi connectivity index (χ2n) is 4.39. The number of hydrogen-bond donors (Lipinski definition) is 2. The first-order valence-corrected chi connectivity index (χ1v) is 6.60. The lowest BCUT2D eigenvalue weighted by Gasteiger charge is -2.32. The van der Waals surface area contributed by atoms with Gasteiger partial charge in [-0.25, -0.2) is 4.79 Å². The first-order chi connectivity index (χ1) is 10.5. The Kier molecular flexibility index (Phi) is 7.00. The topological polar surface area (TPSA) is 99.2 Å². The van der Waals surface area contributed by atoms with Gasteiger partial charge < -0.3 is 15.2 Å². The molecule has 1 aliphatic heterocycles. The van der Waals surface area contributed by atoms with Crippen molar-refractivity contribution >= 4 is 17.8 Å². The zero-order valence-electron chi connectivity index (χ0n) is 12.2. The third-order valence-corrected chi connectivity index (χ3v) is 2.93. The molecule has 0 bridgehead atoms. The fourth-order valence-electron chi connectivity index (χ4n) is 1.77. The first kappa shape index (κ1) is 17.6. The van der Waals surface area contributed by atoms with Gasteiger partial charge in [0.25, 0.3) is 5.91 Å². The molecule has 8 nitrogen and oxygen atoms in total. The number of carbonyl (C=O) groups is 3. The standard InChI is InChI=1S/C14H19N3O5/c1-3-12(18)15-9-11(14(20)21)17(13(19)4-2)10-16-5-7-22-8-6-16/h3-4,9H,1-2,5-8,10H2,(H,15,18)(H,20,21). The molecule has 0 atom stereocenters. The van der Waals surface area contributed by atoms with Gasteiger partial charge in [-0.2, -0.15) is 0 Å². The van der Waals surface area contributed by atoms with Crippen LogP contribution in [-0.4, -0.2) is 65.7 Å². The van der Waals surface area contributed by atoms with Crippen LogP contribution in [-0.2, 0) is 19.1 Å². The highest BCUT2D eigenvalue weighted by Crippen LogP contribution is 2.09. The Labute approximate surface area is 128 Å². The lowest BCUT2D eigenvalue weighted by molar-refractivity contribution is -0.139. The summed E-state index contributed by atoms with van der Waals surface area (Å²) in [4.78, 5) is 37.4. The van der Waals surface area contributed by atoms with E-state index in [0.717, 1.165) is 23.3 Å². The molecule has 2 amide bonds. The smallest absolute Gasteiger partial charge is 0.354 e. The van der Waals surface area contributed by atoms with E-state index >= 15 is 0 Å². The largest absolute Gasteiger partial charge is 0.477 e. The Morgan fingerprint density at radius 2 is 1.86 bits per heavy atom. The van der Waals surface area contributed by atoms with E-state index < -0.39 is 17.8 Å². The van der Waals surface area contributed by atoms with Crippen LogP contribution in [0.2, 0.25) is 0 Å². The SMILES string of the molecule is C=CC(=O)NC=C(C(=O)O)N(CN1CCOCC1)C(=O)C=C. The van der Waals surface area contributed by atoms with Crippen LogP contribution >= 0.6 is 0 Å². The van der Waals surface area contributed by atoms with Crippen LogP contribution in [0, 0.1) is 0 Å². The molecule has 0 unspecified atom stereocenters. The van der Waals surface area contributed by atoms with Crippen LogP contribution in [0.25, 0.3) is 0 Å². The number of amides is 2. The summed E-state index contributed by atoms with van der Waals surface area (Å²) >= 11 is 0. The molecule has 0 spiro atoms. The van der Waals surface area contributed by atoms with Crippen LogP contribution in [0.1, 0.15) is 0 Å². The van der Waals surface area contributed by atoms with Gasteiger partial charge in [-0.3, -0.25) is 19.4 Å². The molecule has 1 saturated heterocycles. The number of ether oxygens (including phenoxy) is 1. The highest BCUT2D eigenvalue weighted by Gasteiger charge is 2.25. The summed E-state index contributed by atoms with van der Waals surface area (Å²) in [5, 5.41) is 11.5. The average Bonchev–Trinajstić information content (AvgIpc) is 2.53. The predicted molar refractivity (Wildman–Crippen MR) is 78.4 cm³/mol. The molecule has 22 heavy (non-hydrogen) atoms. The molecule has 0 aromatic heterocycles. The van der Waals surface area contributed by atoms with Gasteiger partial charge in [-0.15, -0.1) is 0 Å². The number of aliphatic carboxylic acids is 1. The van der Waals surface area contributed by atoms with Crippen molar-refractivity contribution in [3.8, 4) is 0 Å². The van der Waals surface area contributed by atoms with Gasteiger partial charge in [0.1, 0.15) is 5.70 Å². The number of hydrogen-bond acceptors (Lipinski definition) is 5. The van der Waals surface area contributed by atoms with Crippen molar-refractivity contribution in [2.75, 3.05) is 33.0 Å². The lowest BCUT2D eigenvalue weighted by Crippen LogP contribution is -2.46. The number of nitrogens with zero attached hydrogens (tertiary/aromatic N) is 2. The van der Waals surface area contributed by atoms with Crippen LogP contribution in [0.15, 0.2) is 37.2 Å². The van der Waals surface area contributed by atoms with Gasteiger partial charge in [0.05, 0.1) is 19.9 Å². The Balaban J connectivity index is 2.95. The predicted octanol–water partition coefficient (Wildman–Crippen LogP) is -0.481. The Morgan fingerprint density at radius 3 is 2.36 bits per heavy atom. The molecule has 0 radical (unpaired) electrons. The van der Waals surface area contributed by atoms with Gasteiger partial charge in [0.15, 0.2) is 0 Å². The number of carbonyl (C=O) groups excluding carboxylic acids is 2. The summed E-state index contributed by atoms with van der Waals surface area (Å²) in [7, 11) is 0. The molecule has 0 saturated carbocycles. The van der Waals surface area contributed by atoms with Gasteiger partial charge >= 0.3 is 5.97 Å². The van der Waals surface area contributed by atoms with Crippen LogP contribution < -0.4 is 5.32 Å². The van der Waals surface area contributed by atoms with E-state index in [-0.39, 0.29) is 12.4 Å². The van der Waals surface area contributed by atoms with Crippen LogP contribution in [0.4, 0.5) is 0 Å². The summed E-state index contributed by atoms with van der Waals surface area (Å²) in [5.41, 5.74) is -0.355. The maximum atomic E-state index is 12.0. The van der Waals surface area contributed by atoms with Crippen molar-refractivity contribution in [3.63, 3.8) is 0 Å². The molecule has 120 valence electrons.